The highest BCUT2D eigenvalue weighted by Gasteiger charge is 2.74. The molecule has 1 aliphatic carbocycles. The van der Waals surface area contributed by atoms with Crippen molar-refractivity contribution in [3.8, 4) is 10.7 Å². The number of carbonyl (C=O) groups excluding carboxylic acids is 1. The lowest BCUT2D eigenvalue weighted by atomic mass is 9.87. The largest absolute Gasteiger partial charge is 0.323 e. The highest BCUT2D eigenvalue weighted by molar-refractivity contribution is 7.13. The fraction of sp³-hybridized carbons (Fsp3) is 0.500. The lowest BCUT2D eigenvalue weighted by molar-refractivity contribution is 0.0186. The number of hydrogen-bond acceptors (Lipinski definition) is 4. The maximum Gasteiger partial charge on any atom is 0.323 e. The molecule has 2 unspecified atom stereocenters. The smallest absolute Gasteiger partial charge is 0.318 e. The van der Waals surface area contributed by atoms with Crippen molar-refractivity contribution in [1.82, 2.24) is 14.9 Å². The molecule has 1 N–H and O–H groups in total. The minimum absolute atomic E-state index is 0.0119. The fourth-order valence-electron chi connectivity index (χ4n) is 4.61. The maximum atomic E-state index is 13.8. The van der Waals surface area contributed by atoms with Gasteiger partial charge in [0.15, 0.2) is 0 Å². The normalized spacial score (nSPS) is 31.2. The number of fused-ring (bicyclic) bond motifs is 2. The Balaban J connectivity index is 1.29. The lowest BCUT2D eigenvalue weighted by Gasteiger charge is -2.39. The van der Waals surface area contributed by atoms with Gasteiger partial charge in [-0.05, 0) is 37.8 Å². The average Bonchev–Trinajstić information content (AvgIpc) is 2.95. The number of hydrogen-bond donors (Lipinski definition) is 1. The van der Waals surface area contributed by atoms with Crippen molar-refractivity contribution < 1.29 is 13.6 Å². The minimum atomic E-state index is -2.54. The van der Waals surface area contributed by atoms with Crippen molar-refractivity contribution in [2.24, 2.45) is 5.41 Å². The molecular formula is C18H18F2N4OS. The maximum absolute atomic E-state index is 13.8. The van der Waals surface area contributed by atoms with E-state index in [2.05, 4.69) is 15.3 Å². The number of halogens is 2. The van der Waals surface area contributed by atoms with Gasteiger partial charge in [-0.25, -0.2) is 18.6 Å². The van der Waals surface area contributed by atoms with Crippen LogP contribution in [-0.2, 0) is 0 Å². The molecule has 5 rings (SSSR count). The summed E-state index contributed by atoms with van der Waals surface area (Å²) in [6.45, 7) is 0. The van der Waals surface area contributed by atoms with Gasteiger partial charge >= 0.3 is 6.03 Å². The van der Waals surface area contributed by atoms with Crippen LogP contribution in [0, 0.1) is 5.41 Å². The Hall–Kier alpha value is -2.09. The number of carbonyl (C=O) groups is 1. The van der Waals surface area contributed by atoms with E-state index < -0.39 is 11.3 Å². The number of urea groups is 1. The monoisotopic (exact) mass is 376 g/mol. The van der Waals surface area contributed by atoms with E-state index in [1.54, 1.807) is 16.5 Å². The number of rotatable bonds is 2. The van der Waals surface area contributed by atoms with Gasteiger partial charge in [-0.2, -0.15) is 0 Å². The average molecular weight is 376 g/mol. The molecule has 2 amide bonds. The third kappa shape index (κ3) is 2.42. The zero-order chi connectivity index (χ0) is 17.9. The molecule has 2 saturated heterocycles. The molecule has 3 aliphatic rings. The molecular weight excluding hydrogens is 358 g/mol. The molecule has 2 bridgehead atoms. The Morgan fingerprint density at radius 2 is 2.00 bits per heavy atom. The molecule has 3 fully saturated rings. The molecule has 5 nitrogen and oxygen atoms in total. The highest BCUT2D eigenvalue weighted by atomic mass is 32.1. The quantitative estimate of drug-likeness (QED) is 0.846. The summed E-state index contributed by atoms with van der Waals surface area (Å²) in [5.41, 5.74) is -0.0866. The van der Waals surface area contributed by atoms with Gasteiger partial charge in [-0.3, -0.25) is 10.3 Å². The molecule has 1 spiro atoms. The van der Waals surface area contributed by atoms with Gasteiger partial charge in [-0.1, -0.05) is 6.07 Å². The van der Waals surface area contributed by atoms with Crippen LogP contribution in [-0.4, -0.2) is 38.9 Å². The van der Waals surface area contributed by atoms with Crippen LogP contribution < -0.4 is 5.32 Å². The zero-order valence-electron chi connectivity index (χ0n) is 14.0. The van der Waals surface area contributed by atoms with Gasteiger partial charge in [-0.15, -0.1) is 11.3 Å². The summed E-state index contributed by atoms with van der Waals surface area (Å²) in [5, 5.41) is 5.36. The van der Waals surface area contributed by atoms with E-state index in [1.807, 2.05) is 18.2 Å². The third-order valence-corrected chi connectivity index (χ3v) is 6.81. The Kier molecular flexibility index (Phi) is 3.38. The van der Waals surface area contributed by atoms with Crippen LogP contribution in [0.2, 0.25) is 0 Å². The number of anilines is 1. The predicted molar refractivity (Wildman–Crippen MR) is 94.2 cm³/mol. The van der Waals surface area contributed by atoms with Crippen LogP contribution in [0.15, 0.2) is 29.8 Å². The van der Waals surface area contributed by atoms with Crippen LogP contribution in [0.4, 0.5) is 19.4 Å². The summed E-state index contributed by atoms with van der Waals surface area (Å²) in [6.07, 6.45) is 4.14. The van der Waals surface area contributed by atoms with E-state index in [9.17, 15) is 13.6 Å². The fourth-order valence-corrected chi connectivity index (χ4v) is 5.34. The predicted octanol–water partition coefficient (Wildman–Crippen LogP) is 4.39. The standard InChI is InChI=1S/C18H18F2N4OS/c19-18(20)10-17(18)7-11-4-5-12(8-17)24(11)16(25)23-14-9-26-15(22-14)13-3-1-2-6-21-13/h1-3,6,9,11-12H,4-5,7-8,10H2,(H,23,25). The van der Waals surface area contributed by atoms with Crippen LogP contribution in [0.1, 0.15) is 32.1 Å². The lowest BCUT2D eigenvalue weighted by Crippen LogP contribution is -2.50. The molecule has 136 valence electrons. The van der Waals surface area contributed by atoms with Gasteiger partial charge in [0.2, 0.25) is 0 Å². The molecule has 0 radical (unpaired) electrons. The number of piperidine rings is 1. The summed E-state index contributed by atoms with van der Waals surface area (Å²) < 4.78 is 27.5. The van der Waals surface area contributed by atoms with Gasteiger partial charge in [0.25, 0.3) is 5.92 Å². The van der Waals surface area contributed by atoms with Gasteiger partial charge in [0, 0.05) is 35.5 Å². The Bertz CT molecular complexity index is 842. The summed E-state index contributed by atoms with van der Waals surface area (Å²) in [6, 6.07) is 5.19. The summed E-state index contributed by atoms with van der Waals surface area (Å²) in [4.78, 5) is 23.2. The molecule has 2 aromatic heterocycles. The number of alkyl halides is 2. The first kappa shape index (κ1) is 16.1. The van der Waals surface area contributed by atoms with Gasteiger partial charge < -0.3 is 4.90 Å². The van der Waals surface area contributed by atoms with E-state index in [0.29, 0.717) is 18.7 Å². The SMILES string of the molecule is O=C(Nc1csc(-c2ccccn2)n1)N1C2CCC1CC1(C2)CC1(F)F. The molecule has 2 aromatic rings. The number of amides is 2. The van der Waals surface area contributed by atoms with E-state index in [0.717, 1.165) is 23.5 Å². The van der Waals surface area contributed by atoms with E-state index in [-0.39, 0.29) is 24.5 Å². The molecule has 2 atom stereocenters. The highest BCUT2D eigenvalue weighted by Crippen LogP contribution is 2.69. The van der Waals surface area contributed by atoms with Crippen molar-refractivity contribution in [1.29, 1.82) is 0 Å². The number of aromatic nitrogens is 2. The van der Waals surface area contributed by atoms with Crippen LogP contribution in [0.3, 0.4) is 0 Å². The number of pyridine rings is 1. The Morgan fingerprint density at radius 1 is 1.27 bits per heavy atom. The molecule has 26 heavy (non-hydrogen) atoms. The number of nitrogens with zero attached hydrogens (tertiary/aromatic N) is 3. The van der Waals surface area contributed by atoms with Crippen LogP contribution in [0.25, 0.3) is 10.7 Å². The topological polar surface area (TPSA) is 58.1 Å². The van der Waals surface area contributed by atoms with Crippen molar-refractivity contribution in [2.75, 3.05) is 5.32 Å². The Labute approximate surface area is 153 Å². The number of nitrogens with one attached hydrogen (secondary N) is 1. The minimum Gasteiger partial charge on any atom is -0.318 e. The second kappa shape index (κ2) is 5.45. The van der Waals surface area contributed by atoms with Crippen molar-refractivity contribution in [2.45, 2.75) is 50.1 Å². The first-order valence-corrected chi connectivity index (χ1v) is 9.70. The third-order valence-electron chi connectivity index (χ3n) is 5.94. The first-order chi connectivity index (χ1) is 12.5. The first-order valence-electron chi connectivity index (χ1n) is 8.82. The molecule has 1 saturated carbocycles. The van der Waals surface area contributed by atoms with Gasteiger partial charge in [0.05, 0.1) is 5.69 Å². The molecule has 2 aliphatic heterocycles. The number of thiazole rings is 1. The molecule has 8 heteroatoms. The van der Waals surface area contributed by atoms with Crippen LogP contribution >= 0.6 is 11.3 Å². The van der Waals surface area contributed by atoms with E-state index in [4.69, 9.17) is 0 Å². The molecule has 0 aromatic carbocycles. The second-order valence-corrected chi connectivity index (χ2v) is 8.40. The van der Waals surface area contributed by atoms with Gasteiger partial charge in [0.1, 0.15) is 10.8 Å². The second-order valence-electron chi connectivity index (χ2n) is 7.55. The van der Waals surface area contributed by atoms with Crippen LogP contribution in [0.5, 0.6) is 0 Å². The van der Waals surface area contributed by atoms with E-state index in [1.165, 1.54) is 11.3 Å². The molecule has 4 heterocycles. The van der Waals surface area contributed by atoms with Crippen molar-refractivity contribution >= 4 is 23.2 Å². The van der Waals surface area contributed by atoms with E-state index >= 15 is 0 Å². The Morgan fingerprint density at radius 3 is 2.62 bits per heavy atom. The summed E-state index contributed by atoms with van der Waals surface area (Å²) >= 11 is 1.41. The summed E-state index contributed by atoms with van der Waals surface area (Å²) in [5.74, 6) is -2.06. The van der Waals surface area contributed by atoms with Crippen molar-refractivity contribution in [3.63, 3.8) is 0 Å². The zero-order valence-corrected chi connectivity index (χ0v) is 14.8. The summed E-state index contributed by atoms with van der Waals surface area (Å²) in [7, 11) is 0. The van der Waals surface area contributed by atoms with Crippen molar-refractivity contribution in [3.05, 3.63) is 29.8 Å².